The van der Waals surface area contributed by atoms with Gasteiger partial charge in [-0.3, -0.25) is 0 Å². The molecule has 2 aromatic carbocycles. The molecule has 0 aliphatic rings. The van der Waals surface area contributed by atoms with Crippen LogP contribution in [0.1, 0.15) is 30.8 Å². The molecule has 0 radical (unpaired) electrons. The second-order valence-corrected chi connectivity index (χ2v) is 5.64. The number of aromatic nitrogens is 2. The highest BCUT2D eigenvalue weighted by Crippen LogP contribution is 2.22. The standard InChI is InChI=1S/C20H22N2/c1-4-16-6-8-17(9-7-16)18-10-12-20(13-11-18)22-15(3)14-19(5-2)21-22/h6-14H,4-5H2,1-3H3. The molecule has 0 atom stereocenters. The molecule has 0 saturated heterocycles. The third-order valence-electron chi connectivity index (χ3n) is 4.11. The van der Waals surface area contributed by atoms with Gasteiger partial charge in [0.2, 0.25) is 0 Å². The Labute approximate surface area is 132 Å². The molecule has 0 N–H and O–H groups in total. The summed E-state index contributed by atoms with van der Waals surface area (Å²) in [7, 11) is 0. The Balaban J connectivity index is 1.89. The van der Waals surface area contributed by atoms with Gasteiger partial charge in [0, 0.05) is 5.69 Å². The molecule has 1 heterocycles. The summed E-state index contributed by atoms with van der Waals surface area (Å²) in [4.78, 5) is 0. The van der Waals surface area contributed by atoms with Gasteiger partial charge in [0.1, 0.15) is 0 Å². The Morgan fingerprint density at radius 2 is 1.41 bits per heavy atom. The van der Waals surface area contributed by atoms with Crippen molar-refractivity contribution < 1.29 is 0 Å². The number of hydrogen-bond acceptors (Lipinski definition) is 1. The molecular weight excluding hydrogens is 268 g/mol. The van der Waals surface area contributed by atoms with Crippen molar-refractivity contribution >= 4 is 0 Å². The highest BCUT2D eigenvalue weighted by molar-refractivity contribution is 5.65. The molecule has 2 nitrogen and oxygen atoms in total. The first kappa shape index (κ1) is 14.6. The van der Waals surface area contributed by atoms with E-state index in [2.05, 4.69) is 80.5 Å². The lowest BCUT2D eigenvalue weighted by molar-refractivity contribution is 0.818. The second-order valence-electron chi connectivity index (χ2n) is 5.64. The topological polar surface area (TPSA) is 17.8 Å². The van der Waals surface area contributed by atoms with E-state index in [4.69, 9.17) is 0 Å². The average Bonchev–Trinajstić information content (AvgIpc) is 2.96. The van der Waals surface area contributed by atoms with E-state index in [1.807, 2.05) is 4.68 Å². The van der Waals surface area contributed by atoms with E-state index in [9.17, 15) is 0 Å². The van der Waals surface area contributed by atoms with Crippen LogP contribution in [0.15, 0.2) is 54.6 Å². The molecule has 0 aliphatic carbocycles. The van der Waals surface area contributed by atoms with Crippen molar-refractivity contribution in [2.45, 2.75) is 33.6 Å². The molecule has 0 aliphatic heterocycles. The van der Waals surface area contributed by atoms with Crippen LogP contribution in [0.3, 0.4) is 0 Å². The van der Waals surface area contributed by atoms with Crippen molar-refractivity contribution in [1.29, 1.82) is 0 Å². The normalized spacial score (nSPS) is 10.9. The van der Waals surface area contributed by atoms with Crippen LogP contribution < -0.4 is 0 Å². The number of rotatable bonds is 4. The van der Waals surface area contributed by atoms with Crippen LogP contribution in [0.4, 0.5) is 0 Å². The Morgan fingerprint density at radius 3 is 1.91 bits per heavy atom. The van der Waals surface area contributed by atoms with E-state index in [0.717, 1.165) is 24.2 Å². The second kappa shape index (κ2) is 6.18. The summed E-state index contributed by atoms with van der Waals surface area (Å²) in [6.07, 6.45) is 2.05. The lowest BCUT2D eigenvalue weighted by atomic mass is 10.0. The fraction of sp³-hybridized carbons (Fsp3) is 0.250. The third kappa shape index (κ3) is 2.82. The molecule has 0 unspecified atom stereocenters. The maximum Gasteiger partial charge on any atom is 0.0649 e. The van der Waals surface area contributed by atoms with E-state index in [1.54, 1.807) is 0 Å². The summed E-state index contributed by atoms with van der Waals surface area (Å²) in [5.74, 6) is 0. The fourth-order valence-electron chi connectivity index (χ4n) is 2.70. The highest BCUT2D eigenvalue weighted by atomic mass is 15.3. The van der Waals surface area contributed by atoms with Crippen LogP contribution in [-0.2, 0) is 12.8 Å². The molecular formula is C20H22N2. The van der Waals surface area contributed by atoms with Crippen molar-refractivity contribution in [2.75, 3.05) is 0 Å². The summed E-state index contributed by atoms with van der Waals surface area (Å²) >= 11 is 0. The highest BCUT2D eigenvalue weighted by Gasteiger charge is 2.05. The molecule has 0 bridgehead atoms. The van der Waals surface area contributed by atoms with Crippen LogP contribution in [0.25, 0.3) is 16.8 Å². The van der Waals surface area contributed by atoms with Gasteiger partial charge in [-0.15, -0.1) is 0 Å². The molecule has 2 heteroatoms. The first-order chi connectivity index (χ1) is 10.7. The van der Waals surface area contributed by atoms with Crippen LogP contribution >= 0.6 is 0 Å². The summed E-state index contributed by atoms with van der Waals surface area (Å²) in [5, 5.41) is 4.64. The zero-order valence-corrected chi connectivity index (χ0v) is 13.5. The van der Waals surface area contributed by atoms with Crippen LogP contribution in [0.5, 0.6) is 0 Å². The Kier molecular flexibility index (Phi) is 4.10. The maximum atomic E-state index is 4.64. The number of nitrogens with zero attached hydrogens (tertiary/aromatic N) is 2. The average molecular weight is 290 g/mol. The van der Waals surface area contributed by atoms with Crippen molar-refractivity contribution in [3.05, 3.63) is 71.5 Å². The quantitative estimate of drug-likeness (QED) is 0.663. The lowest BCUT2D eigenvalue weighted by Crippen LogP contribution is -1.99. The zero-order valence-electron chi connectivity index (χ0n) is 13.5. The van der Waals surface area contributed by atoms with E-state index in [1.165, 1.54) is 22.4 Å². The predicted molar refractivity (Wildman–Crippen MR) is 92.5 cm³/mol. The van der Waals surface area contributed by atoms with E-state index in [-0.39, 0.29) is 0 Å². The predicted octanol–water partition coefficient (Wildman–Crippen LogP) is 4.97. The maximum absolute atomic E-state index is 4.64. The molecule has 22 heavy (non-hydrogen) atoms. The Morgan fingerprint density at radius 1 is 0.818 bits per heavy atom. The van der Waals surface area contributed by atoms with Crippen molar-refractivity contribution in [2.24, 2.45) is 0 Å². The van der Waals surface area contributed by atoms with Gasteiger partial charge in [0.15, 0.2) is 0 Å². The first-order valence-corrected chi connectivity index (χ1v) is 7.96. The zero-order chi connectivity index (χ0) is 15.5. The molecule has 1 aromatic heterocycles. The summed E-state index contributed by atoms with van der Waals surface area (Å²) in [6, 6.07) is 19.6. The van der Waals surface area contributed by atoms with E-state index < -0.39 is 0 Å². The molecule has 112 valence electrons. The lowest BCUT2D eigenvalue weighted by Gasteiger charge is -2.07. The number of hydrogen-bond donors (Lipinski definition) is 0. The van der Waals surface area contributed by atoms with Gasteiger partial charge in [-0.2, -0.15) is 5.10 Å². The molecule has 3 rings (SSSR count). The Hall–Kier alpha value is -2.35. The van der Waals surface area contributed by atoms with Crippen LogP contribution in [0.2, 0.25) is 0 Å². The molecule has 0 spiro atoms. The Bertz CT molecular complexity index is 749. The van der Waals surface area contributed by atoms with Gasteiger partial charge in [-0.1, -0.05) is 50.2 Å². The molecule has 0 saturated carbocycles. The van der Waals surface area contributed by atoms with Crippen molar-refractivity contribution in [1.82, 2.24) is 9.78 Å². The van der Waals surface area contributed by atoms with Crippen LogP contribution in [0, 0.1) is 6.92 Å². The van der Waals surface area contributed by atoms with Gasteiger partial charge in [-0.05, 0) is 54.7 Å². The summed E-state index contributed by atoms with van der Waals surface area (Å²) in [5.41, 5.74) is 7.31. The minimum absolute atomic E-state index is 0.968. The van der Waals surface area contributed by atoms with Gasteiger partial charge in [0.05, 0.1) is 11.4 Å². The molecule has 3 aromatic rings. The summed E-state index contributed by atoms with van der Waals surface area (Å²) in [6.45, 7) is 6.42. The molecule has 0 fully saturated rings. The van der Waals surface area contributed by atoms with E-state index >= 15 is 0 Å². The van der Waals surface area contributed by atoms with Crippen molar-refractivity contribution in [3.8, 4) is 16.8 Å². The van der Waals surface area contributed by atoms with Gasteiger partial charge in [0.25, 0.3) is 0 Å². The minimum Gasteiger partial charge on any atom is -0.238 e. The number of aryl methyl sites for hydroxylation is 3. The molecule has 0 amide bonds. The first-order valence-electron chi connectivity index (χ1n) is 7.96. The monoisotopic (exact) mass is 290 g/mol. The summed E-state index contributed by atoms with van der Waals surface area (Å²) < 4.78 is 2.02. The number of benzene rings is 2. The van der Waals surface area contributed by atoms with Crippen LogP contribution in [-0.4, -0.2) is 9.78 Å². The SMILES string of the molecule is CCc1ccc(-c2ccc(-n3nc(CC)cc3C)cc2)cc1. The third-order valence-corrected chi connectivity index (χ3v) is 4.11. The van der Waals surface area contributed by atoms with Gasteiger partial charge in [-0.25, -0.2) is 4.68 Å². The van der Waals surface area contributed by atoms with Gasteiger partial charge < -0.3 is 0 Å². The fourth-order valence-corrected chi connectivity index (χ4v) is 2.70. The smallest absolute Gasteiger partial charge is 0.0649 e. The van der Waals surface area contributed by atoms with E-state index in [0.29, 0.717) is 0 Å². The minimum atomic E-state index is 0.968. The largest absolute Gasteiger partial charge is 0.238 e. The van der Waals surface area contributed by atoms with Crippen molar-refractivity contribution in [3.63, 3.8) is 0 Å². The van der Waals surface area contributed by atoms with Gasteiger partial charge >= 0.3 is 0 Å².